The molecule has 12 heavy (non-hydrogen) atoms. The van der Waals surface area contributed by atoms with E-state index in [4.69, 9.17) is 5.73 Å². The van der Waals surface area contributed by atoms with Crippen molar-refractivity contribution in [3.05, 3.63) is 12.3 Å². The van der Waals surface area contributed by atoms with Crippen LogP contribution in [-0.4, -0.2) is 15.1 Å². The van der Waals surface area contributed by atoms with Crippen LogP contribution in [0.25, 0.3) is 0 Å². The summed E-state index contributed by atoms with van der Waals surface area (Å²) in [4.78, 5) is 11.2. The van der Waals surface area contributed by atoms with Crippen molar-refractivity contribution in [2.45, 2.75) is 32.9 Å². The van der Waals surface area contributed by atoms with Crippen LogP contribution in [-0.2, 0) is 4.79 Å². The van der Waals surface area contributed by atoms with Gasteiger partial charge in [-0.15, -0.1) is 0 Å². The van der Waals surface area contributed by atoms with Crippen molar-refractivity contribution in [3.63, 3.8) is 0 Å². The first-order chi connectivity index (χ1) is 5.54. The minimum absolute atomic E-state index is 0.0407. The normalized spacial score (nSPS) is 12.3. The van der Waals surface area contributed by atoms with Gasteiger partial charge >= 0.3 is 0 Å². The summed E-state index contributed by atoms with van der Waals surface area (Å²) in [6, 6.07) is 0. The fraction of sp³-hybridized carbons (Fsp3) is 0.625. The van der Waals surface area contributed by atoms with E-state index in [0.29, 0.717) is 6.42 Å². The van der Waals surface area contributed by atoms with Crippen LogP contribution in [0.5, 0.6) is 0 Å². The molecule has 2 N–H and O–H groups in total. The Kier molecular flexibility index (Phi) is 5.48. The van der Waals surface area contributed by atoms with Crippen molar-refractivity contribution in [2.24, 2.45) is 5.73 Å². The Morgan fingerprint density at radius 2 is 2.08 bits per heavy atom. The summed E-state index contributed by atoms with van der Waals surface area (Å²) in [5.74, 6) is 0.0407. The molecule has 0 aliphatic heterocycles. The zero-order chi connectivity index (χ0) is 9.72. The lowest BCUT2D eigenvalue weighted by Crippen LogP contribution is -2.41. The molecular formula is C8H15IN2O. The van der Waals surface area contributed by atoms with E-state index in [1.807, 2.05) is 29.8 Å². The van der Waals surface area contributed by atoms with Crippen LogP contribution in [0, 0.1) is 0 Å². The Morgan fingerprint density at radius 3 is 2.42 bits per heavy atom. The zero-order valence-corrected chi connectivity index (χ0v) is 9.67. The fourth-order valence-electron chi connectivity index (χ4n) is 0.683. The fourth-order valence-corrected chi connectivity index (χ4v) is 1.34. The summed E-state index contributed by atoms with van der Waals surface area (Å²) < 4.78 is 1.70. The molecule has 0 aromatic rings. The second kappa shape index (κ2) is 5.53. The Bertz CT molecular complexity index is 162. The van der Waals surface area contributed by atoms with Crippen LogP contribution in [0.3, 0.4) is 0 Å². The smallest absolute Gasteiger partial charge is 0.170 e. The predicted molar refractivity (Wildman–Crippen MR) is 58.6 cm³/mol. The molecule has 70 valence electrons. The predicted octanol–water partition coefficient (Wildman–Crippen LogP) is 1.83. The van der Waals surface area contributed by atoms with E-state index >= 15 is 0 Å². The number of hydrogen-bond donors (Lipinski definition) is 1. The summed E-state index contributed by atoms with van der Waals surface area (Å²) in [6.07, 6.45) is 0.744. The molecule has 0 amide bonds. The van der Waals surface area contributed by atoms with Gasteiger partial charge in [-0.2, -0.15) is 0 Å². The topological polar surface area (TPSA) is 46.3 Å². The van der Waals surface area contributed by atoms with Gasteiger partial charge in [0.15, 0.2) is 5.78 Å². The van der Waals surface area contributed by atoms with Crippen molar-refractivity contribution in [2.75, 3.05) is 0 Å². The summed E-state index contributed by atoms with van der Waals surface area (Å²) in [6.45, 7) is 7.59. The average molecular weight is 282 g/mol. The maximum atomic E-state index is 11.2. The maximum absolute atomic E-state index is 11.2. The average Bonchev–Trinajstić information content (AvgIpc) is 2.12. The molecule has 0 aromatic heterocycles. The summed E-state index contributed by atoms with van der Waals surface area (Å²) in [7, 11) is 0. The molecule has 0 saturated heterocycles. The van der Waals surface area contributed by atoms with Gasteiger partial charge in [0, 0.05) is 12.1 Å². The van der Waals surface area contributed by atoms with Gasteiger partial charge in [0.1, 0.15) is 6.17 Å². The number of nitrogens with two attached hydrogens (primary N) is 1. The van der Waals surface area contributed by atoms with Crippen molar-refractivity contribution in [1.29, 1.82) is 0 Å². The van der Waals surface area contributed by atoms with Gasteiger partial charge in [-0.25, -0.2) is 0 Å². The van der Waals surface area contributed by atoms with Crippen LogP contribution >= 0.6 is 22.9 Å². The summed E-state index contributed by atoms with van der Waals surface area (Å²) in [5, 5.41) is 0. The number of halogens is 1. The Morgan fingerprint density at radius 1 is 1.58 bits per heavy atom. The largest absolute Gasteiger partial charge is 0.304 e. The highest BCUT2D eigenvalue weighted by molar-refractivity contribution is 14.1. The van der Waals surface area contributed by atoms with E-state index in [2.05, 4.69) is 6.58 Å². The van der Waals surface area contributed by atoms with E-state index in [0.717, 1.165) is 12.1 Å². The van der Waals surface area contributed by atoms with E-state index in [1.54, 1.807) is 10.0 Å². The minimum atomic E-state index is -0.539. The molecular weight excluding hydrogens is 267 g/mol. The first-order valence-corrected chi connectivity index (χ1v) is 4.92. The van der Waals surface area contributed by atoms with Crippen molar-refractivity contribution in [3.8, 4) is 0 Å². The van der Waals surface area contributed by atoms with Gasteiger partial charge in [0.2, 0.25) is 0 Å². The van der Waals surface area contributed by atoms with Gasteiger partial charge in [0.05, 0.1) is 22.9 Å². The highest BCUT2D eigenvalue weighted by Gasteiger charge is 2.18. The monoisotopic (exact) mass is 282 g/mol. The molecule has 0 aliphatic carbocycles. The number of carbonyl (C=O) groups is 1. The van der Waals surface area contributed by atoms with Gasteiger partial charge in [-0.05, 0) is 6.42 Å². The first-order valence-electron chi connectivity index (χ1n) is 3.95. The molecule has 0 heterocycles. The van der Waals surface area contributed by atoms with Gasteiger partial charge < -0.3 is 5.73 Å². The van der Waals surface area contributed by atoms with E-state index < -0.39 is 6.17 Å². The van der Waals surface area contributed by atoms with Crippen molar-refractivity contribution < 1.29 is 4.79 Å². The number of rotatable bonds is 5. The molecule has 0 aromatic carbocycles. The molecule has 0 aliphatic rings. The van der Waals surface area contributed by atoms with Gasteiger partial charge in [0.25, 0.3) is 0 Å². The number of carbonyl (C=O) groups excluding carboxylic acids is 1. The number of allylic oxidation sites excluding steroid dienone is 1. The molecule has 0 bridgehead atoms. The highest BCUT2D eigenvalue weighted by Crippen LogP contribution is 2.15. The molecule has 3 nitrogen and oxygen atoms in total. The lowest BCUT2D eigenvalue weighted by Gasteiger charge is -2.23. The number of Topliss-reactive ketones (excluding diaryl/α,β-unsaturated/α-hetero) is 1. The molecule has 0 spiro atoms. The first kappa shape index (κ1) is 11.9. The third kappa shape index (κ3) is 3.10. The number of ketones is 1. The molecule has 1 atom stereocenters. The van der Waals surface area contributed by atoms with Crippen molar-refractivity contribution >= 4 is 28.6 Å². The van der Waals surface area contributed by atoms with Crippen LogP contribution in [0.4, 0.5) is 0 Å². The molecule has 4 heteroatoms. The zero-order valence-electron chi connectivity index (χ0n) is 7.51. The SMILES string of the molecule is C=C(CC)N(I)C(N)C(=O)CC. The standard InChI is InChI=1S/C8H15IN2O/c1-4-6(3)11(9)8(10)7(12)5-2/h8H,3-5,10H2,1-2H3. The summed E-state index contributed by atoms with van der Waals surface area (Å²) in [5.41, 5.74) is 6.54. The quantitative estimate of drug-likeness (QED) is 0.475. The van der Waals surface area contributed by atoms with Crippen LogP contribution in [0.2, 0.25) is 0 Å². The Hall–Kier alpha value is -0.100. The minimum Gasteiger partial charge on any atom is -0.304 e. The van der Waals surface area contributed by atoms with Crippen LogP contribution in [0.15, 0.2) is 12.3 Å². The molecule has 1 unspecified atom stereocenters. The number of nitrogens with zero attached hydrogens (tertiary/aromatic N) is 1. The van der Waals surface area contributed by atoms with Gasteiger partial charge in [-0.3, -0.25) is 7.91 Å². The van der Waals surface area contributed by atoms with Crippen LogP contribution in [0.1, 0.15) is 26.7 Å². The molecule has 0 radical (unpaired) electrons. The Labute approximate surface area is 87.5 Å². The van der Waals surface area contributed by atoms with Crippen LogP contribution < -0.4 is 5.73 Å². The van der Waals surface area contributed by atoms with Crippen molar-refractivity contribution in [1.82, 2.24) is 3.11 Å². The summed E-state index contributed by atoms with van der Waals surface area (Å²) >= 11 is 2.02. The third-order valence-corrected chi connectivity index (χ3v) is 2.92. The third-order valence-electron chi connectivity index (χ3n) is 1.63. The second-order valence-electron chi connectivity index (χ2n) is 2.50. The molecule has 0 saturated carbocycles. The van der Waals surface area contributed by atoms with E-state index in [1.165, 1.54) is 0 Å². The highest BCUT2D eigenvalue weighted by atomic mass is 127. The maximum Gasteiger partial charge on any atom is 0.170 e. The van der Waals surface area contributed by atoms with E-state index in [9.17, 15) is 4.79 Å². The van der Waals surface area contributed by atoms with Gasteiger partial charge in [-0.1, -0.05) is 20.4 Å². The molecule has 0 rings (SSSR count). The van der Waals surface area contributed by atoms with E-state index in [-0.39, 0.29) is 5.78 Å². The lowest BCUT2D eigenvalue weighted by molar-refractivity contribution is -0.121. The lowest BCUT2D eigenvalue weighted by atomic mass is 10.2. The number of hydrogen-bond acceptors (Lipinski definition) is 3. The Balaban J connectivity index is 4.18. The second-order valence-corrected chi connectivity index (χ2v) is 3.54. The molecule has 0 fully saturated rings.